The molecule has 1 rings (SSSR count). The van der Waals surface area contributed by atoms with Crippen LogP contribution in [-0.2, 0) is 6.42 Å². The zero-order valence-corrected chi connectivity index (χ0v) is 10.8. The minimum Gasteiger partial charge on any atom is -0.409 e. The van der Waals surface area contributed by atoms with Crippen LogP contribution in [0.1, 0.15) is 34.8 Å². The van der Waals surface area contributed by atoms with Crippen LogP contribution in [0, 0.1) is 0 Å². The van der Waals surface area contributed by atoms with Gasteiger partial charge in [0.15, 0.2) is 5.84 Å². The van der Waals surface area contributed by atoms with Gasteiger partial charge in [-0.05, 0) is 25.0 Å². The molecule has 0 radical (unpaired) electrons. The van der Waals surface area contributed by atoms with Gasteiger partial charge in [0.25, 0.3) is 5.91 Å². The number of oxime groups is 1. The van der Waals surface area contributed by atoms with E-state index in [1.165, 1.54) is 11.3 Å². The second-order valence-corrected chi connectivity index (χ2v) is 4.75. The first kappa shape index (κ1) is 13.5. The number of nitrogens with two attached hydrogens (primary N) is 1. The third-order valence-electron chi connectivity index (χ3n) is 2.42. The lowest BCUT2D eigenvalue weighted by atomic mass is 10.2. The summed E-state index contributed by atoms with van der Waals surface area (Å²) >= 11 is 1.46. The van der Waals surface area contributed by atoms with Crippen LogP contribution in [-0.4, -0.2) is 23.0 Å². The van der Waals surface area contributed by atoms with Gasteiger partial charge in [-0.15, -0.1) is 11.3 Å². The molecule has 1 aromatic heterocycles. The topological polar surface area (TPSA) is 87.7 Å². The number of carbonyl (C=O) groups is 1. The Labute approximate surface area is 104 Å². The van der Waals surface area contributed by atoms with Gasteiger partial charge in [-0.25, -0.2) is 0 Å². The quantitative estimate of drug-likeness (QED) is 0.323. The highest BCUT2D eigenvalue weighted by atomic mass is 32.1. The van der Waals surface area contributed by atoms with E-state index in [2.05, 4.69) is 10.5 Å². The first-order valence-corrected chi connectivity index (χ1v) is 6.31. The van der Waals surface area contributed by atoms with E-state index < -0.39 is 6.04 Å². The van der Waals surface area contributed by atoms with Crippen LogP contribution in [0.3, 0.4) is 0 Å². The average Bonchev–Trinajstić information content (AvgIpc) is 2.83. The Bertz CT molecular complexity index is 415. The molecule has 0 bridgehead atoms. The maximum absolute atomic E-state index is 11.9. The Kier molecular flexibility index (Phi) is 4.96. The van der Waals surface area contributed by atoms with Crippen molar-refractivity contribution in [2.24, 2.45) is 10.9 Å². The van der Waals surface area contributed by atoms with Crippen molar-refractivity contribution in [2.75, 3.05) is 0 Å². The molecule has 1 atom stereocenters. The van der Waals surface area contributed by atoms with E-state index in [1.54, 1.807) is 6.07 Å². The van der Waals surface area contributed by atoms with Crippen LogP contribution in [0.5, 0.6) is 0 Å². The van der Waals surface area contributed by atoms with E-state index in [0.29, 0.717) is 11.3 Å². The van der Waals surface area contributed by atoms with Gasteiger partial charge in [0.05, 0.1) is 10.9 Å². The number of hydrogen-bond donors (Lipinski definition) is 3. The van der Waals surface area contributed by atoms with Crippen molar-refractivity contribution < 1.29 is 10.0 Å². The number of aryl methyl sites for hydroxylation is 1. The minimum absolute atomic E-state index is 0.0214. The summed E-state index contributed by atoms with van der Waals surface area (Å²) in [5.41, 5.74) is 5.47. The molecular formula is C11H17N3O2S. The minimum atomic E-state index is -0.431. The number of amides is 1. The lowest BCUT2D eigenvalue weighted by molar-refractivity contribution is 0.0949. The standard InChI is InChI=1S/C11H17N3O2S/c1-3-7-5-6-9(17-7)11(15)13-8(4-2)10(12)14-16/h5-6,8,16H,3-4H2,1-2H3,(H2,12,14)(H,13,15). The molecule has 0 saturated heterocycles. The molecule has 1 heterocycles. The molecule has 17 heavy (non-hydrogen) atoms. The molecule has 6 heteroatoms. The number of nitrogens with zero attached hydrogens (tertiary/aromatic N) is 1. The Hall–Kier alpha value is -1.56. The summed E-state index contributed by atoms with van der Waals surface area (Å²) in [6.45, 7) is 3.90. The van der Waals surface area contributed by atoms with Gasteiger partial charge >= 0.3 is 0 Å². The van der Waals surface area contributed by atoms with Gasteiger partial charge in [-0.1, -0.05) is 19.0 Å². The van der Waals surface area contributed by atoms with Gasteiger partial charge < -0.3 is 16.3 Å². The molecule has 94 valence electrons. The van der Waals surface area contributed by atoms with Gasteiger partial charge in [0, 0.05) is 4.88 Å². The lowest BCUT2D eigenvalue weighted by Crippen LogP contribution is -2.43. The third-order valence-corrected chi connectivity index (χ3v) is 3.65. The lowest BCUT2D eigenvalue weighted by Gasteiger charge is -2.14. The van der Waals surface area contributed by atoms with Gasteiger partial charge in [0.2, 0.25) is 0 Å². The summed E-state index contributed by atoms with van der Waals surface area (Å²) in [6, 6.07) is 3.29. The van der Waals surface area contributed by atoms with Crippen LogP contribution in [0.25, 0.3) is 0 Å². The second-order valence-electron chi connectivity index (χ2n) is 3.58. The monoisotopic (exact) mass is 255 g/mol. The second kappa shape index (κ2) is 6.24. The number of hydrogen-bond acceptors (Lipinski definition) is 4. The first-order valence-electron chi connectivity index (χ1n) is 5.49. The largest absolute Gasteiger partial charge is 0.409 e. The Morgan fingerprint density at radius 2 is 2.29 bits per heavy atom. The molecule has 0 aromatic carbocycles. The number of amidine groups is 1. The van der Waals surface area contributed by atoms with Crippen molar-refractivity contribution in [1.82, 2.24) is 5.32 Å². The first-order chi connectivity index (χ1) is 8.12. The molecule has 1 unspecified atom stereocenters. The molecule has 1 aromatic rings. The number of carbonyl (C=O) groups excluding carboxylic acids is 1. The summed E-state index contributed by atoms with van der Waals surface area (Å²) in [5.74, 6) is -0.165. The number of rotatable bonds is 5. The summed E-state index contributed by atoms with van der Waals surface area (Å²) < 4.78 is 0. The Morgan fingerprint density at radius 1 is 1.59 bits per heavy atom. The fourth-order valence-electron chi connectivity index (χ4n) is 1.37. The molecular weight excluding hydrogens is 238 g/mol. The van der Waals surface area contributed by atoms with Crippen LogP contribution < -0.4 is 11.1 Å². The molecule has 5 nitrogen and oxygen atoms in total. The van der Waals surface area contributed by atoms with Crippen LogP contribution >= 0.6 is 11.3 Å². The fourth-order valence-corrected chi connectivity index (χ4v) is 2.22. The highest BCUT2D eigenvalue weighted by Crippen LogP contribution is 2.16. The van der Waals surface area contributed by atoms with Crippen molar-refractivity contribution >= 4 is 23.1 Å². The summed E-state index contributed by atoms with van der Waals surface area (Å²) in [6.07, 6.45) is 1.49. The van der Waals surface area contributed by atoms with E-state index in [1.807, 2.05) is 19.9 Å². The molecule has 0 aliphatic heterocycles. The molecule has 0 saturated carbocycles. The number of nitrogens with one attached hydrogen (secondary N) is 1. The fraction of sp³-hybridized carbons (Fsp3) is 0.455. The maximum Gasteiger partial charge on any atom is 0.261 e. The zero-order valence-electron chi connectivity index (χ0n) is 9.93. The van der Waals surface area contributed by atoms with Gasteiger partial charge in [-0.2, -0.15) is 0 Å². The molecule has 0 aliphatic rings. The van der Waals surface area contributed by atoms with Crippen LogP contribution in [0.2, 0.25) is 0 Å². The van der Waals surface area contributed by atoms with E-state index in [9.17, 15) is 4.79 Å². The molecule has 0 aliphatic carbocycles. The van der Waals surface area contributed by atoms with E-state index in [4.69, 9.17) is 10.9 Å². The van der Waals surface area contributed by atoms with Crippen LogP contribution in [0.4, 0.5) is 0 Å². The highest BCUT2D eigenvalue weighted by Gasteiger charge is 2.17. The third kappa shape index (κ3) is 3.45. The van der Waals surface area contributed by atoms with E-state index >= 15 is 0 Å². The van der Waals surface area contributed by atoms with Crippen molar-refractivity contribution in [2.45, 2.75) is 32.7 Å². The maximum atomic E-state index is 11.9. The summed E-state index contributed by atoms with van der Waals surface area (Å²) in [5, 5.41) is 14.2. The smallest absolute Gasteiger partial charge is 0.261 e. The average molecular weight is 255 g/mol. The van der Waals surface area contributed by atoms with E-state index in [0.717, 1.165) is 11.3 Å². The SMILES string of the molecule is CCc1ccc(C(=O)NC(CC)C(N)=NO)s1. The van der Waals surface area contributed by atoms with Gasteiger partial charge in [-0.3, -0.25) is 4.79 Å². The predicted molar refractivity (Wildman–Crippen MR) is 68.7 cm³/mol. The van der Waals surface area contributed by atoms with Crippen molar-refractivity contribution in [3.8, 4) is 0 Å². The predicted octanol–water partition coefficient (Wildman–Crippen LogP) is 1.57. The zero-order chi connectivity index (χ0) is 12.8. The molecule has 0 fully saturated rings. The Morgan fingerprint density at radius 3 is 2.76 bits per heavy atom. The van der Waals surface area contributed by atoms with Crippen molar-refractivity contribution in [1.29, 1.82) is 0 Å². The van der Waals surface area contributed by atoms with E-state index in [-0.39, 0.29) is 11.7 Å². The molecule has 4 N–H and O–H groups in total. The van der Waals surface area contributed by atoms with Gasteiger partial charge in [0.1, 0.15) is 0 Å². The molecule has 1 amide bonds. The van der Waals surface area contributed by atoms with Crippen molar-refractivity contribution in [3.05, 3.63) is 21.9 Å². The van der Waals surface area contributed by atoms with Crippen molar-refractivity contribution in [3.63, 3.8) is 0 Å². The Balaban J connectivity index is 2.70. The molecule has 0 spiro atoms. The highest BCUT2D eigenvalue weighted by molar-refractivity contribution is 7.14. The number of thiophene rings is 1. The summed E-state index contributed by atoms with van der Waals surface area (Å²) in [7, 11) is 0. The van der Waals surface area contributed by atoms with Crippen LogP contribution in [0.15, 0.2) is 17.3 Å². The summed E-state index contributed by atoms with van der Waals surface area (Å²) in [4.78, 5) is 13.7. The normalized spacial score (nSPS) is 13.4.